The molecule has 0 saturated carbocycles. The van der Waals surface area contributed by atoms with Gasteiger partial charge in [0, 0.05) is 31.9 Å². The van der Waals surface area contributed by atoms with Crippen LogP contribution in [0.4, 0.5) is 11.4 Å². The van der Waals surface area contributed by atoms with Crippen molar-refractivity contribution in [2.45, 2.75) is 19.3 Å². The van der Waals surface area contributed by atoms with Crippen LogP contribution in [0, 0.1) is 0 Å². The lowest BCUT2D eigenvalue weighted by atomic mass is 10.2. The molecule has 1 aliphatic rings. The molecule has 2 rings (SSSR count). The average Bonchev–Trinajstić information content (AvgIpc) is 2.78. The highest BCUT2D eigenvalue weighted by Gasteiger charge is 2.28. The van der Waals surface area contributed by atoms with E-state index in [0.717, 1.165) is 4.90 Å². The molecule has 0 unspecified atom stereocenters. The number of anilines is 2. The van der Waals surface area contributed by atoms with Crippen molar-refractivity contribution in [3.8, 4) is 5.75 Å². The largest absolute Gasteiger partial charge is 0.497 e. The van der Waals surface area contributed by atoms with Gasteiger partial charge in [0.15, 0.2) is 0 Å². The van der Waals surface area contributed by atoms with Gasteiger partial charge in [-0.15, -0.1) is 0 Å². The molecule has 1 heterocycles. The third kappa shape index (κ3) is 3.50. The number of carbonyl (C=O) groups is 3. The van der Waals surface area contributed by atoms with Crippen molar-refractivity contribution >= 4 is 29.1 Å². The molecule has 1 aromatic rings. The molecule has 3 N–H and O–H groups in total. The van der Waals surface area contributed by atoms with Gasteiger partial charge in [0.05, 0.1) is 18.5 Å². The number of likely N-dealkylation sites (tertiary alicyclic amines) is 1. The number of amides is 3. The van der Waals surface area contributed by atoms with Crippen LogP contribution in [0.15, 0.2) is 18.2 Å². The SMILES string of the molecule is COc1ccc(NC(=O)CCN2C(=O)CCC2=O)c(N)c1. The second-order valence-corrected chi connectivity index (χ2v) is 4.69. The summed E-state index contributed by atoms with van der Waals surface area (Å²) in [5, 5.41) is 2.65. The van der Waals surface area contributed by atoms with Gasteiger partial charge in [0.1, 0.15) is 5.75 Å². The van der Waals surface area contributed by atoms with Gasteiger partial charge in [-0.1, -0.05) is 0 Å². The Kier molecular flexibility index (Phi) is 4.42. The number of benzene rings is 1. The van der Waals surface area contributed by atoms with Gasteiger partial charge in [-0.05, 0) is 12.1 Å². The summed E-state index contributed by atoms with van der Waals surface area (Å²) in [4.78, 5) is 35.8. The first-order chi connectivity index (χ1) is 10.0. The molecular weight excluding hydrogens is 274 g/mol. The number of ether oxygens (including phenoxy) is 1. The number of rotatable bonds is 5. The van der Waals surface area contributed by atoms with E-state index in [1.54, 1.807) is 18.2 Å². The van der Waals surface area contributed by atoms with E-state index in [1.165, 1.54) is 7.11 Å². The Morgan fingerprint density at radius 1 is 1.33 bits per heavy atom. The minimum absolute atomic E-state index is 0.0446. The Labute approximate surface area is 122 Å². The summed E-state index contributed by atoms with van der Waals surface area (Å²) in [6.07, 6.45) is 0.501. The van der Waals surface area contributed by atoms with Gasteiger partial charge in [-0.3, -0.25) is 19.3 Å². The molecule has 7 nitrogen and oxygen atoms in total. The molecule has 0 aromatic heterocycles. The molecule has 21 heavy (non-hydrogen) atoms. The second-order valence-electron chi connectivity index (χ2n) is 4.69. The van der Waals surface area contributed by atoms with Crippen molar-refractivity contribution in [1.82, 2.24) is 4.90 Å². The predicted octanol–water partition coefficient (Wildman–Crippen LogP) is 0.755. The van der Waals surface area contributed by atoms with E-state index >= 15 is 0 Å². The van der Waals surface area contributed by atoms with E-state index in [4.69, 9.17) is 10.5 Å². The molecule has 1 fully saturated rings. The number of nitrogens with zero attached hydrogens (tertiary/aromatic N) is 1. The van der Waals surface area contributed by atoms with Crippen LogP contribution in [0.5, 0.6) is 5.75 Å². The molecule has 1 saturated heterocycles. The van der Waals surface area contributed by atoms with E-state index in [9.17, 15) is 14.4 Å². The van der Waals surface area contributed by atoms with Gasteiger partial charge in [-0.2, -0.15) is 0 Å². The number of hydrogen-bond donors (Lipinski definition) is 2. The Morgan fingerprint density at radius 3 is 2.57 bits per heavy atom. The molecular formula is C14H17N3O4. The number of hydrogen-bond acceptors (Lipinski definition) is 5. The van der Waals surface area contributed by atoms with E-state index in [1.807, 2.05) is 0 Å². The quantitative estimate of drug-likeness (QED) is 0.616. The first-order valence-electron chi connectivity index (χ1n) is 6.58. The van der Waals surface area contributed by atoms with Crippen LogP contribution in [-0.4, -0.2) is 36.3 Å². The molecule has 0 radical (unpaired) electrons. The maximum Gasteiger partial charge on any atom is 0.229 e. The Balaban J connectivity index is 1.90. The van der Waals surface area contributed by atoms with Crippen LogP contribution in [0.1, 0.15) is 19.3 Å². The van der Waals surface area contributed by atoms with Crippen LogP contribution in [0.2, 0.25) is 0 Å². The molecule has 0 aliphatic carbocycles. The standard InChI is InChI=1S/C14H17N3O4/c1-21-9-2-3-11(10(15)8-9)16-12(18)6-7-17-13(19)4-5-14(17)20/h2-3,8H,4-7,15H2,1H3,(H,16,18). The Morgan fingerprint density at radius 2 is 2.00 bits per heavy atom. The zero-order chi connectivity index (χ0) is 15.4. The topological polar surface area (TPSA) is 102 Å². The van der Waals surface area contributed by atoms with Gasteiger partial charge >= 0.3 is 0 Å². The predicted molar refractivity (Wildman–Crippen MR) is 76.6 cm³/mol. The number of nitrogens with two attached hydrogens (primary N) is 1. The molecule has 7 heteroatoms. The zero-order valence-corrected chi connectivity index (χ0v) is 11.7. The van der Waals surface area contributed by atoms with Crippen molar-refractivity contribution in [3.05, 3.63) is 18.2 Å². The van der Waals surface area contributed by atoms with Crippen LogP contribution >= 0.6 is 0 Å². The molecule has 1 aliphatic heterocycles. The fourth-order valence-electron chi connectivity index (χ4n) is 2.08. The van der Waals surface area contributed by atoms with Gasteiger partial charge in [-0.25, -0.2) is 0 Å². The van der Waals surface area contributed by atoms with Crippen LogP contribution in [0.3, 0.4) is 0 Å². The first-order valence-corrected chi connectivity index (χ1v) is 6.58. The molecule has 112 valence electrons. The van der Waals surface area contributed by atoms with E-state index in [2.05, 4.69) is 5.32 Å². The smallest absolute Gasteiger partial charge is 0.229 e. The third-order valence-corrected chi connectivity index (χ3v) is 3.25. The van der Waals surface area contributed by atoms with Gasteiger partial charge in [0.2, 0.25) is 17.7 Å². The molecule has 0 atom stereocenters. The highest BCUT2D eigenvalue weighted by molar-refractivity contribution is 6.02. The summed E-state index contributed by atoms with van der Waals surface area (Å²) in [6, 6.07) is 4.92. The lowest BCUT2D eigenvalue weighted by Gasteiger charge is -2.14. The second kappa shape index (κ2) is 6.25. The summed E-state index contributed by atoms with van der Waals surface area (Å²) in [7, 11) is 1.52. The third-order valence-electron chi connectivity index (χ3n) is 3.25. The lowest BCUT2D eigenvalue weighted by Crippen LogP contribution is -2.32. The van der Waals surface area contributed by atoms with E-state index in [0.29, 0.717) is 17.1 Å². The highest BCUT2D eigenvalue weighted by atomic mass is 16.5. The van der Waals surface area contributed by atoms with Crippen LogP contribution < -0.4 is 15.8 Å². The van der Waals surface area contributed by atoms with Crippen molar-refractivity contribution in [1.29, 1.82) is 0 Å². The number of carbonyl (C=O) groups excluding carboxylic acids is 3. The maximum atomic E-state index is 11.8. The number of nitrogen functional groups attached to an aromatic ring is 1. The monoisotopic (exact) mass is 291 g/mol. The van der Waals surface area contributed by atoms with Crippen LogP contribution in [-0.2, 0) is 14.4 Å². The Bertz CT molecular complexity index is 570. The number of nitrogens with one attached hydrogen (secondary N) is 1. The highest BCUT2D eigenvalue weighted by Crippen LogP contribution is 2.24. The first kappa shape index (κ1) is 14.8. The number of methoxy groups -OCH3 is 1. The van der Waals surface area contributed by atoms with Crippen LogP contribution in [0.25, 0.3) is 0 Å². The summed E-state index contributed by atoms with van der Waals surface area (Å²) in [6.45, 7) is 0.0968. The lowest BCUT2D eigenvalue weighted by molar-refractivity contribution is -0.138. The molecule has 0 bridgehead atoms. The fraction of sp³-hybridized carbons (Fsp3) is 0.357. The summed E-state index contributed by atoms with van der Waals surface area (Å²) < 4.78 is 5.02. The van der Waals surface area contributed by atoms with Crippen molar-refractivity contribution in [3.63, 3.8) is 0 Å². The maximum absolute atomic E-state index is 11.8. The van der Waals surface area contributed by atoms with Crippen molar-refractivity contribution in [2.75, 3.05) is 24.7 Å². The van der Waals surface area contributed by atoms with Crippen molar-refractivity contribution in [2.24, 2.45) is 0 Å². The minimum atomic E-state index is -0.306. The molecule has 0 spiro atoms. The fourth-order valence-corrected chi connectivity index (χ4v) is 2.08. The van der Waals surface area contributed by atoms with Crippen molar-refractivity contribution < 1.29 is 19.1 Å². The van der Waals surface area contributed by atoms with Gasteiger partial charge in [0.25, 0.3) is 0 Å². The Hall–Kier alpha value is -2.57. The molecule has 1 aromatic carbocycles. The summed E-state index contributed by atoms with van der Waals surface area (Å²) in [5.41, 5.74) is 6.65. The average molecular weight is 291 g/mol. The summed E-state index contributed by atoms with van der Waals surface area (Å²) >= 11 is 0. The number of imide groups is 1. The normalized spacial score (nSPS) is 14.4. The summed E-state index contributed by atoms with van der Waals surface area (Å²) in [5.74, 6) is -0.161. The van der Waals surface area contributed by atoms with Gasteiger partial charge < -0.3 is 15.8 Å². The van der Waals surface area contributed by atoms with E-state index < -0.39 is 0 Å². The molecule has 3 amide bonds. The van der Waals surface area contributed by atoms with E-state index in [-0.39, 0.29) is 43.5 Å². The minimum Gasteiger partial charge on any atom is -0.497 e. The zero-order valence-electron chi connectivity index (χ0n) is 11.7.